The van der Waals surface area contributed by atoms with Crippen molar-refractivity contribution in [2.24, 2.45) is 0 Å². The summed E-state index contributed by atoms with van der Waals surface area (Å²) >= 11 is 1.47. The summed E-state index contributed by atoms with van der Waals surface area (Å²) in [6.45, 7) is 4.95. The second-order valence-corrected chi connectivity index (χ2v) is 9.55. The number of carbonyl (C=O) groups is 2. The molecule has 0 spiro atoms. The molecular formula is C29H33FN2O2S. The van der Waals surface area contributed by atoms with Crippen LogP contribution in [-0.4, -0.2) is 35.1 Å². The summed E-state index contributed by atoms with van der Waals surface area (Å²) in [7, 11) is 0. The maximum absolute atomic E-state index is 13.6. The topological polar surface area (TPSA) is 49.4 Å². The zero-order valence-corrected chi connectivity index (χ0v) is 21.2. The smallest absolute Gasteiger partial charge is 0.243 e. The maximum Gasteiger partial charge on any atom is 0.243 e. The molecule has 0 saturated heterocycles. The van der Waals surface area contributed by atoms with Crippen LogP contribution in [0.4, 0.5) is 4.39 Å². The average Bonchev–Trinajstić information content (AvgIpc) is 2.87. The molecular weight excluding hydrogens is 459 g/mol. The Morgan fingerprint density at radius 3 is 2.31 bits per heavy atom. The number of hydrogen-bond donors (Lipinski definition) is 1. The molecule has 3 aromatic carbocycles. The van der Waals surface area contributed by atoms with Crippen molar-refractivity contribution in [2.45, 2.75) is 45.0 Å². The number of halogens is 1. The number of rotatable bonds is 12. The lowest BCUT2D eigenvalue weighted by molar-refractivity contribution is -0.139. The second kappa shape index (κ2) is 13.7. The zero-order valence-electron chi connectivity index (χ0n) is 20.4. The van der Waals surface area contributed by atoms with Gasteiger partial charge in [0.15, 0.2) is 0 Å². The highest BCUT2D eigenvalue weighted by Crippen LogP contribution is 2.20. The highest BCUT2D eigenvalue weighted by molar-refractivity contribution is 7.99. The first-order valence-electron chi connectivity index (χ1n) is 12.0. The molecule has 4 nitrogen and oxygen atoms in total. The molecule has 184 valence electrons. The van der Waals surface area contributed by atoms with Gasteiger partial charge in [-0.1, -0.05) is 73.7 Å². The lowest BCUT2D eigenvalue weighted by Gasteiger charge is -2.32. The van der Waals surface area contributed by atoms with E-state index in [2.05, 4.69) is 5.32 Å². The van der Waals surface area contributed by atoms with Crippen molar-refractivity contribution in [1.82, 2.24) is 10.2 Å². The maximum atomic E-state index is 13.6. The van der Waals surface area contributed by atoms with Crippen molar-refractivity contribution < 1.29 is 14.0 Å². The molecule has 3 aromatic rings. The number of nitrogens with zero attached hydrogens (tertiary/aromatic N) is 1. The predicted molar refractivity (Wildman–Crippen MR) is 142 cm³/mol. The molecule has 0 unspecified atom stereocenters. The van der Waals surface area contributed by atoms with Gasteiger partial charge in [-0.15, -0.1) is 11.8 Å². The highest BCUT2D eigenvalue weighted by atomic mass is 32.2. The molecule has 0 radical (unpaired) electrons. The molecule has 0 bridgehead atoms. The standard InChI is InChI=1S/C29H33FN2O2S/c1-3-17-31-29(34)27(18-23-10-5-4-6-11-23)32(19-25-12-8-7-9-22(25)2)28(33)21-35-20-24-13-15-26(30)16-14-24/h4-16,27H,3,17-21H2,1-2H3,(H,31,34)/t27-/m0/s1. The number of aryl methyl sites for hydroxylation is 1. The molecule has 3 rings (SSSR count). The summed E-state index contributed by atoms with van der Waals surface area (Å²) in [5.74, 6) is 0.320. The van der Waals surface area contributed by atoms with Gasteiger partial charge in [0.05, 0.1) is 5.75 Å². The monoisotopic (exact) mass is 492 g/mol. The fraction of sp³-hybridized carbons (Fsp3) is 0.310. The normalized spacial score (nSPS) is 11.6. The SMILES string of the molecule is CCCNC(=O)[C@H](Cc1ccccc1)N(Cc1ccccc1C)C(=O)CSCc1ccc(F)cc1. The Labute approximate surface area is 211 Å². The Morgan fingerprint density at radius 1 is 0.943 bits per heavy atom. The van der Waals surface area contributed by atoms with E-state index < -0.39 is 6.04 Å². The van der Waals surface area contributed by atoms with Crippen LogP contribution in [0.15, 0.2) is 78.9 Å². The van der Waals surface area contributed by atoms with Crippen molar-refractivity contribution in [3.63, 3.8) is 0 Å². The van der Waals surface area contributed by atoms with E-state index >= 15 is 0 Å². The van der Waals surface area contributed by atoms with Gasteiger partial charge in [-0.25, -0.2) is 4.39 Å². The number of benzene rings is 3. The first-order valence-corrected chi connectivity index (χ1v) is 13.1. The van der Waals surface area contributed by atoms with Crippen molar-refractivity contribution in [2.75, 3.05) is 12.3 Å². The Hall–Kier alpha value is -3.12. The Morgan fingerprint density at radius 2 is 1.63 bits per heavy atom. The van der Waals surface area contributed by atoms with Crippen LogP contribution >= 0.6 is 11.8 Å². The number of carbonyl (C=O) groups excluding carboxylic acids is 2. The van der Waals surface area contributed by atoms with Gasteiger partial charge in [-0.05, 0) is 47.7 Å². The fourth-order valence-electron chi connectivity index (χ4n) is 3.81. The van der Waals surface area contributed by atoms with Gasteiger partial charge in [-0.3, -0.25) is 9.59 Å². The van der Waals surface area contributed by atoms with Crippen LogP contribution in [0.1, 0.15) is 35.6 Å². The summed E-state index contributed by atoms with van der Waals surface area (Å²) in [6, 6.07) is 23.5. The van der Waals surface area contributed by atoms with Gasteiger partial charge in [-0.2, -0.15) is 0 Å². The third-order valence-electron chi connectivity index (χ3n) is 5.83. The molecule has 35 heavy (non-hydrogen) atoms. The van der Waals surface area contributed by atoms with E-state index in [4.69, 9.17) is 0 Å². The Balaban J connectivity index is 1.83. The molecule has 0 aliphatic heterocycles. The average molecular weight is 493 g/mol. The summed E-state index contributed by atoms with van der Waals surface area (Å²) in [5.41, 5.74) is 4.06. The third-order valence-corrected chi connectivity index (χ3v) is 6.82. The lowest BCUT2D eigenvalue weighted by Crippen LogP contribution is -2.51. The first kappa shape index (κ1) is 26.5. The van der Waals surface area contributed by atoms with Gasteiger partial charge in [0, 0.05) is 25.3 Å². The quantitative estimate of drug-likeness (QED) is 0.362. The number of thioether (sulfide) groups is 1. The van der Waals surface area contributed by atoms with Crippen molar-refractivity contribution in [1.29, 1.82) is 0 Å². The van der Waals surface area contributed by atoms with Gasteiger partial charge < -0.3 is 10.2 Å². The van der Waals surface area contributed by atoms with Gasteiger partial charge in [0.2, 0.25) is 11.8 Å². The Bertz CT molecular complexity index is 1090. The molecule has 0 aliphatic carbocycles. The van der Waals surface area contributed by atoms with E-state index in [9.17, 15) is 14.0 Å². The van der Waals surface area contributed by atoms with Crippen LogP contribution in [0.5, 0.6) is 0 Å². The van der Waals surface area contributed by atoms with E-state index in [1.807, 2.05) is 68.4 Å². The minimum atomic E-state index is -0.623. The van der Waals surface area contributed by atoms with E-state index in [0.717, 1.165) is 28.7 Å². The number of amides is 2. The van der Waals surface area contributed by atoms with Crippen molar-refractivity contribution in [3.05, 3.63) is 107 Å². The van der Waals surface area contributed by atoms with Crippen molar-refractivity contribution >= 4 is 23.6 Å². The summed E-state index contributed by atoms with van der Waals surface area (Å²) < 4.78 is 13.2. The van der Waals surface area contributed by atoms with Crippen molar-refractivity contribution in [3.8, 4) is 0 Å². The van der Waals surface area contributed by atoms with Crippen LogP contribution in [-0.2, 0) is 28.3 Å². The minimum Gasteiger partial charge on any atom is -0.354 e. The zero-order chi connectivity index (χ0) is 25.0. The van der Waals surface area contributed by atoms with E-state index in [1.54, 1.807) is 17.0 Å². The van der Waals surface area contributed by atoms with Gasteiger partial charge in [0.25, 0.3) is 0 Å². The third kappa shape index (κ3) is 8.25. The van der Waals surface area contributed by atoms with Crippen LogP contribution < -0.4 is 5.32 Å². The Kier molecular flexibility index (Phi) is 10.4. The molecule has 0 saturated carbocycles. The largest absolute Gasteiger partial charge is 0.354 e. The second-order valence-electron chi connectivity index (χ2n) is 8.56. The molecule has 2 amide bonds. The molecule has 0 aliphatic rings. The first-order chi connectivity index (χ1) is 17.0. The molecule has 0 fully saturated rings. The minimum absolute atomic E-state index is 0.0899. The molecule has 1 atom stereocenters. The summed E-state index contributed by atoms with van der Waals surface area (Å²) in [6.07, 6.45) is 1.26. The van der Waals surface area contributed by atoms with E-state index in [1.165, 1.54) is 23.9 Å². The summed E-state index contributed by atoms with van der Waals surface area (Å²) in [4.78, 5) is 28.6. The number of nitrogens with one attached hydrogen (secondary N) is 1. The summed E-state index contributed by atoms with van der Waals surface area (Å²) in [5, 5.41) is 3.00. The predicted octanol–water partition coefficient (Wildman–Crippen LogP) is 5.53. The lowest BCUT2D eigenvalue weighted by atomic mass is 10.0. The van der Waals surface area contributed by atoms with Gasteiger partial charge in [0.1, 0.15) is 11.9 Å². The molecule has 0 aromatic heterocycles. The van der Waals surface area contributed by atoms with E-state index in [0.29, 0.717) is 25.3 Å². The van der Waals surface area contributed by atoms with Crippen LogP contribution in [0, 0.1) is 12.7 Å². The van der Waals surface area contributed by atoms with Crippen LogP contribution in [0.3, 0.4) is 0 Å². The molecule has 1 N–H and O–H groups in total. The van der Waals surface area contributed by atoms with Crippen LogP contribution in [0.25, 0.3) is 0 Å². The molecule has 0 heterocycles. The highest BCUT2D eigenvalue weighted by Gasteiger charge is 2.30. The fourth-order valence-corrected chi connectivity index (χ4v) is 4.68. The van der Waals surface area contributed by atoms with E-state index in [-0.39, 0.29) is 23.4 Å². The van der Waals surface area contributed by atoms with Crippen LogP contribution in [0.2, 0.25) is 0 Å². The number of hydrogen-bond acceptors (Lipinski definition) is 3. The van der Waals surface area contributed by atoms with Gasteiger partial charge >= 0.3 is 0 Å². The molecule has 6 heteroatoms.